The summed E-state index contributed by atoms with van der Waals surface area (Å²) in [5.41, 5.74) is 2.19. The van der Waals surface area contributed by atoms with E-state index >= 15 is 4.39 Å². The highest BCUT2D eigenvalue weighted by molar-refractivity contribution is 7.93. The molecule has 2 unspecified atom stereocenters. The fraction of sp³-hybridized carbons (Fsp3) is 0.250. The molecule has 0 aliphatic heterocycles. The number of halogens is 3. The second-order valence-electron chi connectivity index (χ2n) is 7.06. The lowest BCUT2D eigenvalue weighted by Gasteiger charge is -2.29. The number of hydrogen-bond acceptors (Lipinski definition) is 3. The standard InChI is InChI=1S/C20H17ClF2N2O3S/c1-24-19(26)20(23,29(27,28)14-4-2-3-13(22)10-14)11-7-15-16-9-12(21)5-6-17(16)25-18(15)8-11/h2-6,9-11,25H,7-8H2,1H3,(H,24,26). The molecule has 2 N–H and O–H groups in total. The normalized spacial score (nSPS) is 18.4. The van der Waals surface area contributed by atoms with Crippen molar-refractivity contribution in [1.29, 1.82) is 0 Å². The number of fused-ring (bicyclic) bond motifs is 3. The third kappa shape index (κ3) is 2.93. The summed E-state index contributed by atoms with van der Waals surface area (Å²) in [6.45, 7) is 0. The lowest BCUT2D eigenvalue weighted by Crippen LogP contribution is -2.53. The lowest BCUT2D eigenvalue weighted by molar-refractivity contribution is -0.129. The number of amides is 1. The van der Waals surface area contributed by atoms with Crippen LogP contribution in [0.25, 0.3) is 10.9 Å². The van der Waals surface area contributed by atoms with Crippen LogP contribution in [0.2, 0.25) is 5.02 Å². The minimum atomic E-state index is -4.83. The Labute approximate surface area is 171 Å². The number of alkyl halides is 1. The van der Waals surface area contributed by atoms with Crippen molar-refractivity contribution in [3.05, 3.63) is 64.6 Å². The lowest BCUT2D eigenvalue weighted by atomic mass is 9.98. The SMILES string of the molecule is CNC(=O)C(F)(C1Cc2[nH]c3ccc(Cl)cc3c2C1)S(=O)(=O)c1cccc(F)c1. The molecule has 0 bridgehead atoms. The summed E-state index contributed by atoms with van der Waals surface area (Å²) in [7, 11) is -3.67. The van der Waals surface area contributed by atoms with Crippen LogP contribution in [-0.2, 0) is 27.5 Å². The van der Waals surface area contributed by atoms with Crippen molar-refractivity contribution in [2.24, 2.45) is 5.92 Å². The smallest absolute Gasteiger partial charge is 0.295 e. The molecule has 1 aromatic heterocycles. The van der Waals surface area contributed by atoms with E-state index in [0.717, 1.165) is 34.7 Å². The van der Waals surface area contributed by atoms with Gasteiger partial charge in [0, 0.05) is 34.6 Å². The fourth-order valence-corrected chi connectivity index (χ4v) is 6.01. The number of nitrogens with one attached hydrogen (secondary N) is 2. The van der Waals surface area contributed by atoms with Gasteiger partial charge in [0.05, 0.1) is 4.90 Å². The summed E-state index contributed by atoms with van der Waals surface area (Å²) >= 11 is 6.06. The van der Waals surface area contributed by atoms with Gasteiger partial charge in [-0.05, 0) is 54.8 Å². The van der Waals surface area contributed by atoms with Crippen LogP contribution in [-0.4, -0.2) is 31.4 Å². The summed E-state index contributed by atoms with van der Waals surface area (Å²) < 4.78 is 56.2. The number of hydrogen-bond donors (Lipinski definition) is 2. The van der Waals surface area contributed by atoms with Crippen molar-refractivity contribution in [2.75, 3.05) is 7.05 Å². The number of sulfone groups is 1. The minimum absolute atomic E-state index is 0.0140. The molecule has 3 aromatic rings. The second-order valence-corrected chi connectivity index (χ2v) is 9.57. The van der Waals surface area contributed by atoms with Gasteiger partial charge >= 0.3 is 0 Å². The molecule has 2 atom stereocenters. The molecule has 2 aromatic carbocycles. The van der Waals surface area contributed by atoms with Gasteiger partial charge in [-0.25, -0.2) is 17.2 Å². The summed E-state index contributed by atoms with van der Waals surface area (Å²) in [6, 6.07) is 9.24. The maximum Gasteiger partial charge on any atom is 0.295 e. The highest BCUT2D eigenvalue weighted by atomic mass is 35.5. The molecular formula is C20H17ClF2N2O3S. The second kappa shape index (κ2) is 6.81. The van der Waals surface area contributed by atoms with Crippen LogP contribution in [0.5, 0.6) is 0 Å². The van der Waals surface area contributed by atoms with Gasteiger partial charge in [0.25, 0.3) is 10.9 Å². The average molecular weight is 439 g/mol. The number of aromatic nitrogens is 1. The number of carbonyl (C=O) groups excluding carboxylic acids is 1. The molecule has 1 aliphatic carbocycles. The van der Waals surface area contributed by atoms with Crippen LogP contribution >= 0.6 is 11.6 Å². The topological polar surface area (TPSA) is 79.0 Å². The van der Waals surface area contributed by atoms with Crippen molar-refractivity contribution in [3.63, 3.8) is 0 Å². The van der Waals surface area contributed by atoms with Crippen LogP contribution in [0, 0.1) is 11.7 Å². The average Bonchev–Trinajstić information content (AvgIpc) is 3.25. The molecule has 1 heterocycles. The van der Waals surface area contributed by atoms with Crippen LogP contribution < -0.4 is 5.32 Å². The van der Waals surface area contributed by atoms with Gasteiger partial charge in [-0.2, -0.15) is 0 Å². The summed E-state index contributed by atoms with van der Waals surface area (Å²) in [6.07, 6.45) is 0.0360. The van der Waals surface area contributed by atoms with E-state index in [1.807, 2.05) is 0 Å². The first kappa shape index (κ1) is 19.8. The van der Waals surface area contributed by atoms with Crippen molar-refractivity contribution >= 4 is 38.2 Å². The molecule has 0 saturated carbocycles. The highest BCUT2D eigenvalue weighted by Crippen LogP contribution is 2.44. The van der Waals surface area contributed by atoms with E-state index in [1.54, 1.807) is 18.2 Å². The third-order valence-corrected chi connectivity index (χ3v) is 7.83. The van der Waals surface area contributed by atoms with Crippen LogP contribution in [0.4, 0.5) is 8.78 Å². The van der Waals surface area contributed by atoms with E-state index < -0.39 is 37.4 Å². The maximum atomic E-state index is 16.2. The highest BCUT2D eigenvalue weighted by Gasteiger charge is 2.59. The first-order chi connectivity index (χ1) is 13.7. The number of H-pyrrole nitrogens is 1. The zero-order valence-corrected chi connectivity index (χ0v) is 16.9. The molecule has 4 rings (SSSR count). The van der Waals surface area contributed by atoms with Crippen molar-refractivity contribution < 1.29 is 22.0 Å². The minimum Gasteiger partial charge on any atom is -0.358 e. The third-order valence-electron chi connectivity index (χ3n) is 5.42. The number of rotatable bonds is 4. The zero-order chi connectivity index (χ0) is 21.0. The van der Waals surface area contributed by atoms with E-state index in [4.69, 9.17) is 11.6 Å². The van der Waals surface area contributed by atoms with Gasteiger partial charge in [-0.15, -0.1) is 0 Å². The van der Waals surface area contributed by atoms with Crippen LogP contribution in [0.15, 0.2) is 47.4 Å². The summed E-state index contributed by atoms with van der Waals surface area (Å²) in [4.78, 5) is 15.1. The molecule has 1 aliphatic rings. The molecule has 29 heavy (non-hydrogen) atoms. The molecule has 0 spiro atoms. The van der Waals surface area contributed by atoms with Gasteiger partial charge < -0.3 is 10.3 Å². The van der Waals surface area contributed by atoms with E-state index in [1.165, 1.54) is 13.1 Å². The molecule has 0 fully saturated rings. The Hall–Kier alpha value is -2.45. The van der Waals surface area contributed by atoms with Crippen molar-refractivity contribution in [1.82, 2.24) is 10.3 Å². The summed E-state index contributed by atoms with van der Waals surface area (Å²) in [5, 5.41) is 0.111. The van der Waals surface area contributed by atoms with Crippen molar-refractivity contribution in [3.8, 4) is 0 Å². The van der Waals surface area contributed by atoms with Gasteiger partial charge in [-0.3, -0.25) is 4.79 Å². The monoisotopic (exact) mass is 438 g/mol. The molecule has 0 radical (unpaired) electrons. The Bertz CT molecular complexity index is 1240. The van der Waals surface area contributed by atoms with Crippen LogP contribution in [0.1, 0.15) is 11.3 Å². The first-order valence-electron chi connectivity index (χ1n) is 8.88. The van der Waals surface area contributed by atoms with Gasteiger partial charge in [0.2, 0.25) is 9.84 Å². The van der Waals surface area contributed by atoms with Gasteiger partial charge in [-0.1, -0.05) is 17.7 Å². The molecular weight excluding hydrogens is 422 g/mol. The Morgan fingerprint density at radius 2 is 2.00 bits per heavy atom. The Morgan fingerprint density at radius 3 is 2.69 bits per heavy atom. The van der Waals surface area contributed by atoms with Gasteiger partial charge in [0.1, 0.15) is 5.82 Å². The van der Waals surface area contributed by atoms with Gasteiger partial charge in [0.15, 0.2) is 0 Å². The Balaban J connectivity index is 1.81. The van der Waals surface area contributed by atoms with E-state index in [2.05, 4.69) is 10.3 Å². The molecule has 5 nitrogen and oxygen atoms in total. The Kier molecular flexibility index (Phi) is 4.66. The van der Waals surface area contributed by atoms with Crippen LogP contribution in [0.3, 0.4) is 0 Å². The molecule has 0 saturated heterocycles. The molecule has 1 amide bonds. The van der Waals surface area contributed by atoms with E-state index in [9.17, 15) is 17.6 Å². The molecule has 152 valence electrons. The Morgan fingerprint density at radius 1 is 1.24 bits per heavy atom. The first-order valence-corrected chi connectivity index (χ1v) is 10.7. The van der Waals surface area contributed by atoms with E-state index in [-0.39, 0.29) is 12.8 Å². The molecule has 9 heteroatoms. The summed E-state index contributed by atoms with van der Waals surface area (Å²) in [5.74, 6) is -3.29. The predicted octanol–water partition coefficient (Wildman–Crippen LogP) is 3.56. The maximum absolute atomic E-state index is 16.2. The number of benzene rings is 2. The largest absolute Gasteiger partial charge is 0.358 e. The van der Waals surface area contributed by atoms with Crippen molar-refractivity contribution in [2.45, 2.75) is 22.7 Å². The fourth-order valence-electron chi connectivity index (χ4n) is 4.01. The number of carbonyl (C=O) groups is 1. The zero-order valence-electron chi connectivity index (χ0n) is 15.3. The number of aromatic amines is 1. The predicted molar refractivity (Wildman–Crippen MR) is 106 cm³/mol. The van der Waals surface area contributed by atoms with E-state index in [0.29, 0.717) is 10.7 Å². The quantitative estimate of drug-likeness (QED) is 0.653.